The van der Waals surface area contributed by atoms with Gasteiger partial charge in [-0.05, 0) is 12.7 Å². The van der Waals surface area contributed by atoms with Gasteiger partial charge >= 0.3 is 0 Å². The molecule has 2 aromatic rings. The summed E-state index contributed by atoms with van der Waals surface area (Å²) in [5.74, 6) is 1.45. The van der Waals surface area contributed by atoms with Crippen LogP contribution in [0.5, 0.6) is 0 Å². The van der Waals surface area contributed by atoms with E-state index in [-0.39, 0.29) is 0 Å². The number of fused-ring (bicyclic) bond motifs is 1. The van der Waals surface area contributed by atoms with E-state index in [1.54, 1.807) is 18.0 Å². The Morgan fingerprint density at radius 1 is 1.40 bits per heavy atom. The Morgan fingerprint density at radius 2 is 2.20 bits per heavy atom. The van der Waals surface area contributed by atoms with Gasteiger partial charge in [-0.1, -0.05) is 18.7 Å². The summed E-state index contributed by atoms with van der Waals surface area (Å²) in [5, 5.41) is 5.75. The molecule has 0 bridgehead atoms. The normalized spacial score (nSPS) is 11.1. The molecule has 0 aliphatic rings. The molecule has 0 saturated carbocycles. The molecule has 80 valence electrons. The average molecular weight is 223 g/mol. The number of nitrogens with two attached hydrogens (primary N) is 1. The highest BCUT2D eigenvalue weighted by atomic mass is 32.2. The number of nitrogens with zero attached hydrogens (tertiary/aromatic N) is 4. The second kappa shape index (κ2) is 4.06. The molecule has 6 heteroatoms. The number of nitrogen functional groups attached to an aromatic ring is 1. The molecule has 2 rings (SSSR count). The number of thioether (sulfide) groups is 1. The van der Waals surface area contributed by atoms with E-state index in [0.29, 0.717) is 5.82 Å². The Morgan fingerprint density at radius 3 is 2.87 bits per heavy atom. The Bertz CT molecular complexity index is 479. The molecule has 0 saturated heterocycles. The lowest BCUT2D eigenvalue weighted by atomic mass is 10.4. The number of hydrogen-bond acceptors (Lipinski definition) is 5. The molecule has 15 heavy (non-hydrogen) atoms. The van der Waals surface area contributed by atoms with Crippen LogP contribution in [0.25, 0.3) is 11.0 Å². The number of aromatic nitrogens is 4. The van der Waals surface area contributed by atoms with Gasteiger partial charge in [0.25, 0.3) is 0 Å². The lowest BCUT2D eigenvalue weighted by Crippen LogP contribution is -2.01. The molecule has 0 spiro atoms. The van der Waals surface area contributed by atoms with Crippen LogP contribution in [0, 0.1) is 0 Å². The molecule has 0 aliphatic carbocycles. The van der Waals surface area contributed by atoms with Gasteiger partial charge in [-0.3, -0.25) is 0 Å². The van der Waals surface area contributed by atoms with E-state index in [1.807, 2.05) is 11.6 Å². The highest BCUT2D eigenvalue weighted by Crippen LogP contribution is 2.21. The van der Waals surface area contributed by atoms with Crippen molar-refractivity contribution in [3.8, 4) is 0 Å². The number of anilines is 1. The summed E-state index contributed by atoms with van der Waals surface area (Å²) in [5.41, 5.74) is 6.66. The third kappa shape index (κ3) is 1.77. The fraction of sp³-hybridized carbons (Fsp3) is 0.444. The van der Waals surface area contributed by atoms with Crippen LogP contribution in [0.4, 0.5) is 5.82 Å². The molecule has 5 nitrogen and oxygen atoms in total. The zero-order valence-corrected chi connectivity index (χ0v) is 9.58. The quantitative estimate of drug-likeness (QED) is 0.631. The fourth-order valence-electron chi connectivity index (χ4n) is 1.38. The maximum absolute atomic E-state index is 5.84. The van der Waals surface area contributed by atoms with Crippen molar-refractivity contribution in [3.05, 3.63) is 6.20 Å². The molecule has 0 radical (unpaired) electrons. The van der Waals surface area contributed by atoms with E-state index in [9.17, 15) is 0 Å². The highest BCUT2D eigenvalue weighted by Gasteiger charge is 2.09. The largest absolute Gasteiger partial charge is 0.383 e. The topological polar surface area (TPSA) is 69.6 Å². The first-order valence-corrected chi connectivity index (χ1v) is 5.86. The second-order valence-corrected chi connectivity index (χ2v) is 4.25. The van der Waals surface area contributed by atoms with Crippen molar-refractivity contribution in [2.45, 2.75) is 25.5 Å². The Kier molecular flexibility index (Phi) is 2.77. The van der Waals surface area contributed by atoms with E-state index in [1.165, 1.54) is 0 Å². The molecule has 2 N–H and O–H groups in total. The summed E-state index contributed by atoms with van der Waals surface area (Å²) >= 11 is 1.58. The van der Waals surface area contributed by atoms with Gasteiger partial charge in [0, 0.05) is 6.54 Å². The summed E-state index contributed by atoms with van der Waals surface area (Å²) in [6, 6.07) is 0. The predicted octanol–water partition coefficient (Wildman–Crippen LogP) is 1.54. The second-order valence-electron chi connectivity index (χ2n) is 3.02. The van der Waals surface area contributed by atoms with Crippen LogP contribution in [0.3, 0.4) is 0 Å². The van der Waals surface area contributed by atoms with Gasteiger partial charge in [0.1, 0.15) is 5.82 Å². The number of aryl methyl sites for hydroxylation is 1. The minimum Gasteiger partial charge on any atom is -0.383 e. The third-order valence-electron chi connectivity index (χ3n) is 2.08. The minimum absolute atomic E-state index is 0.510. The molecule has 0 unspecified atom stereocenters. The van der Waals surface area contributed by atoms with Crippen molar-refractivity contribution >= 4 is 28.6 Å². The Balaban J connectivity index is 2.60. The maximum Gasteiger partial charge on any atom is 0.191 e. The van der Waals surface area contributed by atoms with E-state index < -0.39 is 0 Å². The first-order chi connectivity index (χ1) is 7.26. The van der Waals surface area contributed by atoms with Crippen molar-refractivity contribution in [1.29, 1.82) is 0 Å². The van der Waals surface area contributed by atoms with Crippen LogP contribution in [-0.4, -0.2) is 25.5 Å². The summed E-state index contributed by atoms with van der Waals surface area (Å²) in [6.45, 7) is 4.87. The SMILES string of the molecule is CCSc1nc(N)c2cnn(CC)c2n1. The summed E-state index contributed by atoms with van der Waals surface area (Å²) in [6.07, 6.45) is 1.72. The molecular weight excluding hydrogens is 210 g/mol. The maximum atomic E-state index is 5.84. The van der Waals surface area contributed by atoms with Crippen LogP contribution in [0.2, 0.25) is 0 Å². The third-order valence-corrected chi connectivity index (χ3v) is 2.81. The highest BCUT2D eigenvalue weighted by molar-refractivity contribution is 7.99. The molecule has 2 aromatic heterocycles. The van der Waals surface area contributed by atoms with Gasteiger partial charge in [-0.2, -0.15) is 5.10 Å². The van der Waals surface area contributed by atoms with Crippen molar-refractivity contribution in [2.24, 2.45) is 0 Å². The van der Waals surface area contributed by atoms with Crippen LogP contribution < -0.4 is 5.73 Å². The summed E-state index contributed by atoms with van der Waals surface area (Å²) < 4.78 is 1.83. The zero-order chi connectivity index (χ0) is 10.8. The lowest BCUT2D eigenvalue weighted by molar-refractivity contribution is 0.673. The standard InChI is InChI=1S/C9H13N5S/c1-3-14-8-6(5-11-14)7(10)12-9(13-8)15-4-2/h5H,3-4H2,1-2H3,(H2,10,12,13). The van der Waals surface area contributed by atoms with Crippen LogP contribution in [-0.2, 0) is 6.54 Å². The fourth-order valence-corrected chi connectivity index (χ4v) is 1.95. The van der Waals surface area contributed by atoms with E-state index in [0.717, 1.165) is 28.5 Å². The van der Waals surface area contributed by atoms with Crippen molar-refractivity contribution in [1.82, 2.24) is 19.7 Å². The van der Waals surface area contributed by atoms with Crippen molar-refractivity contribution < 1.29 is 0 Å². The van der Waals surface area contributed by atoms with Gasteiger partial charge in [-0.15, -0.1) is 0 Å². The average Bonchev–Trinajstić information content (AvgIpc) is 2.61. The summed E-state index contributed by atoms with van der Waals surface area (Å²) in [4.78, 5) is 8.64. The van der Waals surface area contributed by atoms with Crippen LogP contribution >= 0.6 is 11.8 Å². The van der Waals surface area contributed by atoms with Crippen LogP contribution in [0.1, 0.15) is 13.8 Å². The van der Waals surface area contributed by atoms with Gasteiger partial charge in [0.05, 0.1) is 11.6 Å². The first kappa shape index (κ1) is 10.2. The van der Waals surface area contributed by atoms with E-state index in [4.69, 9.17) is 5.73 Å². The Hall–Kier alpha value is -1.30. The monoisotopic (exact) mass is 223 g/mol. The Labute approximate surface area is 92.1 Å². The summed E-state index contributed by atoms with van der Waals surface area (Å²) in [7, 11) is 0. The minimum atomic E-state index is 0.510. The molecule has 0 amide bonds. The smallest absolute Gasteiger partial charge is 0.191 e. The van der Waals surface area contributed by atoms with Crippen molar-refractivity contribution in [2.75, 3.05) is 11.5 Å². The van der Waals surface area contributed by atoms with Gasteiger partial charge in [0.2, 0.25) is 0 Å². The van der Waals surface area contributed by atoms with E-state index >= 15 is 0 Å². The zero-order valence-electron chi connectivity index (χ0n) is 8.77. The first-order valence-electron chi connectivity index (χ1n) is 4.88. The van der Waals surface area contributed by atoms with Crippen LogP contribution in [0.15, 0.2) is 11.4 Å². The van der Waals surface area contributed by atoms with Gasteiger partial charge < -0.3 is 5.73 Å². The molecular formula is C9H13N5S. The molecule has 2 heterocycles. The van der Waals surface area contributed by atoms with E-state index in [2.05, 4.69) is 22.0 Å². The lowest BCUT2D eigenvalue weighted by Gasteiger charge is -2.02. The van der Waals surface area contributed by atoms with Crippen molar-refractivity contribution in [3.63, 3.8) is 0 Å². The molecule has 0 aliphatic heterocycles. The molecule has 0 fully saturated rings. The predicted molar refractivity (Wildman–Crippen MR) is 61.8 cm³/mol. The number of hydrogen-bond donors (Lipinski definition) is 1. The van der Waals surface area contributed by atoms with Gasteiger partial charge in [-0.25, -0.2) is 14.6 Å². The molecule has 0 aromatic carbocycles. The molecule has 0 atom stereocenters. The van der Waals surface area contributed by atoms with Gasteiger partial charge in [0.15, 0.2) is 10.8 Å². The number of rotatable bonds is 3.